The minimum absolute atomic E-state index is 0.0227. The molecule has 1 amide bonds. The summed E-state index contributed by atoms with van der Waals surface area (Å²) in [4.78, 5) is 13.6. The lowest BCUT2D eigenvalue weighted by molar-refractivity contribution is -0.130. The Kier molecular flexibility index (Phi) is 5.70. The highest BCUT2D eigenvalue weighted by Gasteiger charge is 2.12. The van der Waals surface area contributed by atoms with E-state index in [0.29, 0.717) is 12.5 Å². The van der Waals surface area contributed by atoms with Crippen LogP contribution < -0.4 is 5.73 Å². The van der Waals surface area contributed by atoms with Gasteiger partial charge in [0.05, 0.1) is 6.54 Å². The van der Waals surface area contributed by atoms with Gasteiger partial charge >= 0.3 is 0 Å². The van der Waals surface area contributed by atoms with Gasteiger partial charge in [0, 0.05) is 13.1 Å². The Morgan fingerprint density at radius 1 is 1.29 bits per heavy atom. The molecule has 0 aromatic heterocycles. The van der Waals surface area contributed by atoms with Gasteiger partial charge in [-0.1, -0.05) is 44.2 Å². The minimum atomic E-state index is 0.0227. The molecule has 1 aromatic rings. The zero-order chi connectivity index (χ0) is 12.7. The maximum Gasteiger partial charge on any atom is 0.236 e. The maximum absolute atomic E-state index is 11.7. The zero-order valence-corrected chi connectivity index (χ0v) is 10.7. The zero-order valence-electron chi connectivity index (χ0n) is 10.7. The van der Waals surface area contributed by atoms with Crippen molar-refractivity contribution < 1.29 is 4.79 Å². The van der Waals surface area contributed by atoms with Crippen molar-refractivity contribution in [1.82, 2.24) is 4.90 Å². The van der Waals surface area contributed by atoms with Gasteiger partial charge in [0.25, 0.3) is 0 Å². The van der Waals surface area contributed by atoms with Crippen LogP contribution in [0.15, 0.2) is 30.3 Å². The Bertz CT molecular complexity index is 335. The third-order valence-corrected chi connectivity index (χ3v) is 2.72. The molecule has 0 spiro atoms. The van der Waals surface area contributed by atoms with Crippen molar-refractivity contribution in [3.8, 4) is 0 Å². The van der Waals surface area contributed by atoms with E-state index in [1.807, 2.05) is 35.2 Å². The Balaban J connectivity index is 2.60. The number of benzene rings is 1. The molecule has 0 fully saturated rings. The molecule has 0 aliphatic rings. The first-order chi connectivity index (χ1) is 8.13. The van der Waals surface area contributed by atoms with E-state index < -0.39 is 0 Å². The Hall–Kier alpha value is -1.35. The summed E-state index contributed by atoms with van der Waals surface area (Å²) in [5.41, 5.74) is 6.59. The fourth-order valence-corrected chi connectivity index (χ4v) is 1.64. The summed E-state index contributed by atoms with van der Waals surface area (Å²) < 4.78 is 0. The van der Waals surface area contributed by atoms with E-state index in [1.165, 1.54) is 0 Å². The summed E-state index contributed by atoms with van der Waals surface area (Å²) in [5.74, 6) is 0.619. The number of carbonyl (C=O) groups is 1. The van der Waals surface area contributed by atoms with Crippen LogP contribution in [0.2, 0.25) is 0 Å². The molecule has 3 nitrogen and oxygen atoms in total. The van der Waals surface area contributed by atoms with Gasteiger partial charge in [0.1, 0.15) is 0 Å². The van der Waals surface area contributed by atoms with Crippen LogP contribution in [0.1, 0.15) is 25.8 Å². The predicted molar refractivity (Wildman–Crippen MR) is 70.4 cm³/mol. The van der Waals surface area contributed by atoms with Crippen LogP contribution in [-0.2, 0) is 11.3 Å². The van der Waals surface area contributed by atoms with Gasteiger partial charge in [-0.25, -0.2) is 0 Å². The number of hydrogen-bond acceptors (Lipinski definition) is 2. The lowest BCUT2D eigenvalue weighted by Crippen LogP contribution is -2.36. The van der Waals surface area contributed by atoms with Crippen molar-refractivity contribution in [3.05, 3.63) is 35.9 Å². The van der Waals surface area contributed by atoms with Crippen LogP contribution >= 0.6 is 0 Å². The third kappa shape index (κ3) is 5.00. The van der Waals surface area contributed by atoms with Gasteiger partial charge in [-0.2, -0.15) is 0 Å². The average molecular weight is 234 g/mol. The van der Waals surface area contributed by atoms with Crippen molar-refractivity contribution in [2.45, 2.75) is 26.8 Å². The van der Waals surface area contributed by atoms with E-state index in [2.05, 4.69) is 13.8 Å². The molecule has 0 heterocycles. The number of carbonyl (C=O) groups excluding carboxylic acids is 1. The molecule has 0 saturated carbocycles. The first-order valence-electron chi connectivity index (χ1n) is 6.15. The van der Waals surface area contributed by atoms with Gasteiger partial charge in [0.15, 0.2) is 0 Å². The molecule has 94 valence electrons. The summed E-state index contributed by atoms with van der Waals surface area (Å²) in [6.07, 6.45) is 1.01. The predicted octanol–water partition coefficient (Wildman–Crippen LogP) is 2.02. The third-order valence-electron chi connectivity index (χ3n) is 2.72. The second kappa shape index (κ2) is 7.07. The van der Waals surface area contributed by atoms with Crippen molar-refractivity contribution in [2.75, 3.05) is 13.1 Å². The summed E-state index contributed by atoms with van der Waals surface area (Å²) in [5, 5.41) is 0. The smallest absolute Gasteiger partial charge is 0.236 e. The summed E-state index contributed by atoms with van der Waals surface area (Å²) in [7, 11) is 0. The molecule has 1 aromatic carbocycles. The molecule has 0 aliphatic carbocycles. The van der Waals surface area contributed by atoms with Crippen LogP contribution in [0.25, 0.3) is 0 Å². The highest BCUT2D eigenvalue weighted by atomic mass is 16.2. The highest BCUT2D eigenvalue weighted by Crippen LogP contribution is 2.08. The molecular weight excluding hydrogens is 212 g/mol. The van der Waals surface area contributed by atoms with Gasteiger partial charge < -0.3 is 10.6 Å². The monoisotopic (exact) mass is 234 g/mol. The number of rotatable bonds is 6. The molecule has 0 radical (unpaired) electrons. The van der Waals surface area contributed by atoms with Crippen molar-refractivity contribution >= 4 is 5.91 Å². The van der Waals surface area contributed by atoms with Crippen LogP contribution in [0.3, 0.4) is 0 Å². The molecule has 1 rings (SSSR count). The molecule has 3 heteroatoms. The van der Waals surface area contributed by atoms with Crippen molar-refractivity contribution in [1.29, 1.82) is 0 Å². The van der Waals surface area contributed by atoms with Crippen LogP contribution in [0.5, 0.6) is 0 Å². The molecule has 0 bridgehead atoms. The Morgan fingerprint density at radius 3 is 2.47 bits per heavy atom. The standard InChI is InChI=1S/C14H22N2O/c1-12(2)8-9-16(14(17)10-15)11-13-6-4-3-5-7-13/h3-7,12H,8-11,15H2,1-2H3. The quantitative estimate of drug-likeness (QED) is 0.818. The molecule has 0 atom stereocenters. The fraction of sp³-hybridized carbons (Fsp3) is 0.500. The first-order valence-corrected chi connectivity index (χ1v) is 6.15. The minimum Gasteiger partial charge on any atom is -0.337 e. The van der Waals surface area contributed by atoms with Crippen molar-refractivity contribution in [3.63, 3.8) is 0 Å². The second-order valence-electron chi connectivity index (χ2n) is 4.69. The SMILES string of the molecule is CC(C)CCN(Cc1ccccc1)C(=O)CN. The molecule has 17 heavy (non-hydrogen) atoms. The number of hydrogen-bond donors (Lipinski definition) is 1. The van der Waals surface area contributed by atoms with E-state index in [1.54, 1.807) is 0 Å². The van der Waals surface area contributed by atoms with Crippen molar-refractivity contribution in [2.24, 2.45) is 11.7 Å². The Labute approximate surface area is 104 Å². The molecule has 0 aliphatic heterocycles. The van der Waals surface area contributed by atoms with Crippen LogP contribution in [-0.4, -0.2) is 23.9 Å². The van der Waals surface area contributed by atoms with Gasteiger partial charge in [-0.3, -0.25) is 4.79 Å². The van der Waals surface area contributed by atoms with E-state index in [-0.39, 0.29) is 12.5 Å². The maximum atomic E-state index is 11.7. The van der Waals surface area contributed by atoms with E-state index in [0.717, 1.165) is 18.5 Å². The summed E-state index contributed by atoms with van der Waals surface area (Å²) >= 11 is 0. The normalized spacial score (nSPS) is 10.6. The second-order valence-corrected chi connectivity index (χ2v) is 4.69. The molecule has 0 unspecified atom stereocenters. The van der Waals surface area contributed by atoms with Gasteiger partial charge in [-0.15, -0.1) is 0 Å². The number of nitrogens with zero attached hydrogens (tertiary/aromatic N) is 1. The lowest BCUT2D eigenvalue weighted by Gasteiger charge is -2.23. The highest BCUT2D eigenvalue weighted by molar-refractivity contribution is 5.78. The van der Waals surface area contributed by atoms with Gasteiger partial charge in [-0.05, 0) is 17.9 Å². The first kappa shape index (κ1) is 13.7. The Morgan fingerprint density at radius 2 is 1.94 bits per heavy atom. The van der Waals surface area contributed by atoms with E-state index >= 15 is 0 Å². The summed E-state index contributed by atoms with van der Waals surface area (Å²) in [6, 6.07) is 10.0. The molecular formula is C14H22N2O. The average Bonchev–Trinajstić information content (AvgIpc) is 2.34. The largest absolute Gasteiger partial charge is 0.337 e. The van der Waals surface area contributed by atoms with E-state index in [4.69, 9.17) is 5.73 Å². The van der Waals surface area contributed by atoms with Crippen LogP contribution in [0, 0.1) is 5.92 Å². The fourth-order valence-electron chi connectivity index (χ4n) is 1.64. The molecule has 0 saturated heterocycles. The number of nitrogens with two attached hydrogens (primary N) is 1. The topological polar surface area (TPSA) is 46.3 Å². The van der Waals surface area contributed by atoms with E-state index in [9.17, 15) is 4.79 Å². The number of amides is 1. The summed E-state index contributed by atoms with van der Waals surface area (Å²) in [6.45, 7) is 5.85. The lowest BCUT2D eigenvalue weighted by atomic mass is 10.1. The van der Waals surface area contributed by atoms with Crippen LogP contribution in [0.4, 0.5) is 0 Å². The van der Waals surface area contributed by atoms with Gasteiger partial charge in [0.2, 0.25) is 5.91 Å². The molecule has 2 N–H and O–H groups in total.